The van der Waals surface area contributed by atoms with Crippen LogP contribution >= 0.6 is 0 Å². The van der Waals surface area contributed by atoms with E-state index in [2.05, 4.69) is 24.0 Å². The first-order valence-corrected chi connectivity index (χ1v) is 16.9. The summed E-state index contributed by atoms with van der Waals surface area (Å²) in [5, 5.41) is 12.7. The van der Waals surface area contributed by atoms with E-state index in [1.54, 1.807) is 13.0 Å². The average Bonchev–Trinajstić information content (AvgIpc) is 3.08. The highest BCUT2D eigenvalue weighted by molar-refractivity contribution is 5.73. The van der Waals surface area contributed by atoms with Gasteiger partial charge in [0, 0.05) is 20.0 Å². The molecule has 4 atom stereocenters. The van der Waals surface area contributed by atoms with Crippen molar-refractivity contribution in [2.45, 2.75) is 91.3 Å². The van der Waals surface area contributed by atoms with Crippen LogP contribution in [0.1, 0.15) is 76.8 Å². The number of rotatable bonds is 26. The van der Waals surface area contributed by atoms with E-state index >= 15 is 0 Å². The lowest BCUT2D eigenvalue weighted by Crippen LogP contribution is -2.31. The molecule has 11 heteroatoms. The molecule has 0 saturated heterocycles. The lowest BCUT2D eigenvalue weighted by Gasteiger charge is -2.19. The molecule has 0 aliphatic carbocycles. The van der Waals surface area contributed by atoms with Crippen molar-refractivity contribution >= 4 is 23.9 Å². The summed E-state index contributed by atoms with van der Waals surface area (Å²) >= 11 is 0. The molecule has 4 unspecified atom stereocenters. The van der Waals surface area contributed by atoms with Crippen LogP contribution in [0.15, 0.2) is 48.6 Å². The first-order chi connectivity index (χ1) is 23.0. The number of benzene rings is 1. The molecule has 1 aromatic carbocycles. The molecule has 0 saturated carbocycles. The zero-order valence-electron chi connectivity index (χ0n) is 29.5. The van der Waals surface area contributed by atoms with Crippen LogP contribution in [0.4, 0.5) is 0 Å². The molecule has 1 aromatic rings. The zero-order valence-corrected chi connectivity index (χ0v) is 29.5. The highest BCUT2D eigenvalue weighted by atomic mass is 16.6. The molecule has 0 amide bonds. The minimum atomic E-state index is -0.926. The highest BCUT2D eigenvalue weighted by Crippen LogP contribution is 2.15. The first kappa shape index (κ1) is 42.5. The van der Waals surface area contributed by atoms with Gasteiger partial charge in [-0.3, -0.25) is 19.2 Å². The highest BCUT2D eigenvalue weighted by Gasteiger charge is 2.21. The number of aliphatic hydroxyl groups excluding tert-OH is 1. The maximum Gasteiger partial charge on any atom is 0.308 e. The van der Waals surface area contributed by atoms with E-state index in [0.717, 1.165) is 17.6 Å². The van der Waals surface area contributed by atoms with Crippen LogP contribution in [0.2, 0.25) is 0 Å². The van der Waals surface area contributed by atoms with Gasteiger partial charge >= 0.3 is 23.9 Å². The number of ether oxygens (including phenoxy) is 5. The average molecular weight is 676 g/mol. The number of esters is 4. The van der Waals surface area contributed by atoms with Crippen LogP contribution in [0, 0.1) is 18.8 Å². The summed E-state index contributed by atoms with van der Waals surface area (Å²) < 4.78 is 26.5. The molecule has 0 aliphatic heterocycles. The van der Waals surface area contributed by atoms with Crippen LogP contribution < -0.4 is 5.32 Å². The maximum atomic E-state index is 12.5. The molecule has 1 rings (SSSR count). The van der Waals surface area contributed by atoms with Crippen LogP contribution in [0.3, 0.4) is 0 Å². The van der Waals surface area contributed by atoms with Gasteiger partial charge < -0.3 is 34.1 Å². The molecule has 11 nitrogen and oxygen atoms in total. The van der Waals surface area contributed by atoms with E-state index < -0.39 is 36.7 Å². The van der Waals surface area contributed by atoms with Crippen LogP contribution in [-0.2, 0) is 49.3 Å². The Morgan fingerprint density at radius 2 is 1.38 bits per heavy atom. The molecule has 0 bridgehead atoms. The Labute approximate surface area is 286 Å². The minimum absolute atomic E-state index is 0.0753. The molecule has 0 radical (unpaired) electrons. The third-order valence-corrected chi connectivity index (χ3v) is 7.73. The Morgan fingerprint density at radius 1 is 0.833 bits per heavy atom. The van der Waals surface area contributed by atoms with Gasteiger partial charge in [0.15, 0.2) is 12.2 Å². The summed E-state index contributed by atoms with van der Waals surface area (Å²) in [6, 6.07) is 8.21. The molecule has 0 aromatic heterocycles. The largest absolute Gasteiger partial charge is 0.461 e. The quantitative estimate of drug-likeness (QED) is 0.0604. The van der Waals surface area contributed by atoms with Crippen molar-refractivity contribution in [3.05, 3.63) is 59.7 Å². The standard InChI is InChI=1S/C37H57NO10/c1-7-30(8-2)19-15-28(4)36(42)45-25-32(23-39)47-34(40)11-9-21-38-22-10-12-35(41)48-33(24-44-6)26-46-37(43)29(5)16-20-31-17-13-27(3)14-18-31/h7-8,13-14,17-18,28-29,32-33,38-39H,1,9-12,15-16,19-26H2,2-6H3/b30-8+. The summed E-state index contributed by atoms with van der Waals surface area (Å²) in [6.45, 7) is 11.7. The van der Waals surface area contributed by atoms with Crippen LogP contribution in [0.5, 0.6) is 0 Å². The SMILES string of the molecule is C=C/C(=C\C)CCC(C)C(=O)OCC(CO)OC(=O)CCCNCCCC(=O)OC(COC)COC(=O)C(C)CCc1ccc(C)cc1. The van der Waals surface area contributed by atoms with Gasteiger partial charge in [0.05, 0.1) is 25.0 Å². The van der Waals surface area contributed by atoms with E-state index in [0.29, 0.717) is 45.2 Å². The Bertz CT molecular complexity index is 1130. The Kier molecular flexibility index (Phi) is 22.5. The Balaban J connectivity index is 2.21. The Hall–Kier alpha value is -3.54. The van der Waals surface area contributed by atoms with Crippen molar-refractivity contribution in [1.82, 2.24) is 5.32 Å². The van der Waals surface area contributed by atoms with Gasteiger partial charge in [-0.05, 0) is 71.0 Å². The molecular formula is C37H57NO10. The number of aryl methyl sites for hydroxylation is 2. The van der Waals surface area contributed by atoms with Gasteiger partial charge in [0.1, 0.15) is 13.2 Å². The van der Waals surface area contributed by atoms with Crippen molar-refractivity contribution in [3.63, 3.8) is 0 Å². The third-order valence-electron chi connectivity index (χ3n) is 7.73. The lowest BCUT2D eigenvalue weighted by molar-refractivity contribution is -0.164. The van der Waals surface area contributed by atoms with Crippen molar-refractivity contribution in [2.75, 3.05) is 46.6 Å². The van der Waals surface area contributed by atoms with E-state index in [9.17, 15) is 24.3 Å². The topological polar surface area (TPSA) is 147 Å². The fourth-order valence-corrected chi connectivity index (χ4v) is 4.51. The summed E-state index contributed by atoms with van der Waals surface area (Å²) in [6.07, 6.45) is 6.08. The molecule has 0 heterocycles. The molecule has 2 N–H and O–H groups in total. The van der Waals surface area contributed by atoms with Crippen molar-refractivity contribution in [2.24, 2.45) is 11.8 Å². The number of hydrogen-bond donors (Lipinski definition) is 2. The van der Waals surface area contributed by atoms with Gasteiger partial charge in [-0.25, -0.2) is 0 Å². The monoisotopic (exact) mass is 675 g/mol. The predicted molar refractivity (Wildman–Crippen MR) is 183 cm³/mol. The lowest BCUT2D eigenvalue weighted by atomic mass is 10.0. The Morgan fingerprint density at radius 3 is 1.90 bits per heavy atom. The normalized spacial score (nSPS) is 13.9. The fraction of sp³-hybridized carbons (Fsp3) is 0.622. The fourth-order valence-electron chi connectivity index (χ4n) is 4.51. The zero-order chi connectivity index (χ0) is 35.7. The molecule has 0 spiro atoms. The number of carbonyl (C=O) groups is 4. The maximum absolute atomic E-state index is 12.5. The van der Waals surface area contributed by atoms with Crippen molar-refractivity contribution in [3.8, 4) is 0 Å². The summed E-state index contributed by atoms with van der Waals surface area (Å²) in [4.78, 5) is 49.3. The number of nitrogens with one attached hydrogen (secondary N) is 1. The second-order valence-corrected chi connectivity index (χ2v) is 12.0. The van der Waals surface area contributed by atoms with Crippen molar-refractivity contribution in [1.29, 1.82) is 0 Å². The van der Waals surface area contributed by atoms with Crippen molar-refractivity contribution < 1.29 is 48.0 Å². The number of methoxy groups -OCH3 is 1. The van der Waals surface area contributed by atoms with Gasteiger partial charge in [0.2, 0.25) is 0 Å². The first-order valence-electron chi connectivity index (χ1n) is 16.9. The van der Waals surface area contributed by atoms with Gasteiger partial charge in [0.25, 0.3) is 0 Å². The number of hydrogen-bond acceptors (Lipinski definition) is 11. The van der Waals surface area contributed by atoms with E-state index in [1.165, 1.54) is 12.7 Å². The molecule has 48 heavy (non-hydrogen) atoms. The smallest absolute Gasteiger partial charge is 0.308 e. The van der Waals surface area contributed by atoms with Crippen LogP contribution in [-0.4, -0.2) is 87.8 Å². The van der Waals surface area contributed by atoms with E-state index in [1.807, 2.05) is 39.0 Å². The number of allylic oxidation sites excluding steroid dienone is 3. The van der Waals surface area contributed by atoms with Crippen LogP contribution in [0.25, 0.3) is 0 Å². The number of carbonyl (C=O) groups excluding carboxylic acids is 4. The minimum Gasteiger partial charge on any atom is -0.461 e. The molecule has 0 aliphatic rings. The molecule has 270 valence electrons. The third kappa shape index (κ3) is 19.3. The second-order valence-electron chi connectivity index (χ2n) is 12.0. The van der Waals surface area contributed by atoms with E-state index in [4.69, 9.17) is 23.7 Å². The van der Waals surface area contributed by atoms with E-state index in [-0.39, 0.29) is 50.5 Å². The molecular weight excluding hydrogens is 618 g/mol. The van der Waals surface area contributed by atoms with Gasteiger partial charge in [-0.15, -0.1) is 0 Å². The van der Waals surface area contributed by atoms with Gasteiger partial charge in [-0.2, -0.15) is 0 Å². The summed E-state index contributed by atoms with van der Waals surface area (Å²) in [7, 11) is 1.49. The van der Waals surface area contributed by atoms with Gasteiger partial charge in [-0.1, -0.05) is 68.0 Å². The number of aliphatic hydroxyl groups is 1. The second kappa shape index (κ2) is 25.5. The predicted octanol–water partition coefficient (Wildman–Crippen LogP) is 4.81. The summed E-state index contributed by atoms with van der Waals surface area (Å²) in [5.74, 6) is -2.31. The summed E-state index contributed by atoms with van der Waals surface area (Å²) in [5.41, 5.74) is 3.40. The molecule has 0 fully saturated rings.